The lowest BCUT2D eigenvalue weighted by atomic mass is 10.1. The first-order valence-electron chi connectivity index (χ1n) is 6.88. The third-order valence-electron chi connectivity index (χ3n) is 3.51. The van der Waals surface area contributed by atoms with Crippen molar-refractivity contribution in [2.24, 2.45) is 5.92 Å². The van der Waals surface area contributed by atoms with E-state index < -0.39 is 0 Å². The van der Waals surface area contributed by atoms with E-state index >= 15 is 0 Å². The first kappa shape index (κ1) is 12.7. The standard InChI is InChI=1S/C18H17NO/c1-13(2)18(20)19-16-9-5-3-7-14(16)11-12-15-8-4-6-10-17(15)19/h3-13H,1-2H3. The van der Waals surface area contributed by atoms with Crippen molar-refractivity contribution in [2.45, 2.75) is 13.8 Å². The van der Waals surface area contributed by atoms with Gasteiger partial charge in [-0.1, -0.05) is 62.4 Å². The number of rotatable bonds is 1. The summed E-state index contributed by atoms with van der Waals surface area (Å²) in [6, 6.07) is 16.0. The van der Waals surface area contributed by atoms with Crippen LogP contribution in [0.4, 0.5) is 11.4 Å². The highest BCUT2D eigenvalue weighted by Crippen LogP contribution is 2.36. The summed E-state index contributed by atoms with van der Waals surface area (Å²) in [5.74, 6) is 0.0720. The zero-order valence-corrected chi connectivity index (χ0v) is 11.7. The molecule has 1 heterocycles. The second-order valence-electron chi connectivity index (χ2n) is 5.28. The molecule has 0 unspecified atom stereocenters. The quantitative estimate of drug-likeness (QED) is 0.742. The minimum absolute atomic E-state index is 0.0470. The highest BCUT2D eigenvalue weighted by Gasteiger charge is 2.25. The summed E-state index contributed by atoms with van der Waals surface area (Å²) in [6.07, 6.45) is 4.14. The van der Waals surface area contributed by atoms with Crippen LogP contribution in [0.5, 0.6) is 0 Å². The number of para-hydroxylation sites is 2. The van der Waals surface area contributed by atoms with Gasteiger partial charge in [-0.25, -0.2) is 0 Å². The molecule has 0 saturated carbocycles. The smallest absolute Gasteiger partial charge is 0.234 e. The van der Waals surface area contributed by atoms with Gasteiger partial charge in [0.05, 0.1) is 11.4 Å². The Morgan fingerprint density at radius 2 is 1.30 bits per heavy atom. The average molecular weight is 263 g/mol. The maximum absolute atomic E-state index is 12.7. The highest BCUT2D eigenvalue weighted by molar-refractivity contribution is 6.06. The van der Waals surface area contributed by atoms with E-state index in [1.807, 2.05) is 67.3 Å². The molecule has 2 aromatic carbocycles. The van der Waals surface area contributed by atoms with Gasteiger partial charge in [0.15, 0.2) is 0 Å². The topological polar surface area (TPSA) is 20.3 Å². The lowest BCUT2D eigenvalue weighted by molar-refractivity contribution is -0.120. The van der Waals surface area contributed by atoms with Crippen molar-refractivity contribution in [1.82, 2.24) is 0 Å². The Bertz CT molecular complexity index is 636. The van der Waals surface area contributed by atoms with Crippen LogP contribution in [-0.2, 0) is 4.79 Å². The molecule has 2 nitrogen and oxygen atoms in total. The molecule has 100 valence electrons. The molecule has 0 fully saturated rings. The van der Waals surface area contributed by atoms with Crippen LogP contribution in [0.1, 0.15) is 25.0 Å². The normalized spacial score (nSPS) is 12.8. The van der Waals surface area contributed by atoms with Crippen LogP contribution in [0.25, 0.3) is 12.2 Å². The third-order valence-corrected chi connectivity index (χ3v) is 3.51. The van der Waals surface area contributed by atoms with E-state index in [0.717, 1.165) is 22.5 Å². The molecule has 1 amide bonds. The third kappa shape index (κ3) is 2.03. The Morgan fingerprint density at radius 3 is 1.75 bits per heavy atom. The first-order chi connectivity index (χ1) is 9.68. The zero-order valence-electron chi connectivity index (χ0n) is 11.7. The van der Waals surface area contributed by atoms with Gasteiger partial charge < -0.3 is 0 Å². The van der Waals surface area contributed by atoms with E-state index in [9.17, 15) is 4.79 Å². The summed E-state index contributed by atoms with van der Waals surface area (Å²) in [6.45, 7) is 3.87. The van der Waals surface area contributed by atoms with Gasteiger partial charge in [0.25, 0.3) is 0 Å². The second-order valence-corrected chi connectivity index (χ2v) is 5.28. The average Bonchev–Trinajstić information content (AvgIpc) is 2.63. The molecule has 0 radical (unpaired) electrons. The molecule has 0 aromatic heterocycles. The second kappa shape index (κ2) is 4.97. The Hall–Kier alpha value is -2.35. The fourth-order valence-electron chi connectivity index (χ4n) is 2.47. The predicted octanol–water partition coefficient (Wildman–Crippen LogP) is 4.49. The largest absolute Gasteiger partial charge is 0.280 e. The van der Waals surface area contributed by atoms with Gasteiger partial charge in [0.2, 0.25) is 5.91 Å². The van der Waals surface area contributed by atoms with Crippen molar-refractivity contribution >= 4 is 29.4 Å². The monoisotopic (exact) mass is 263 g/mol. The SMILES string of the molecule is CC(C)C(=O)N1c2ccccc2C=Cc2ccccc21. The zero-order chi connectivity index (χ0) is 14.1. The number of fused-ring (bicyclic) bond motifs is 2. The maximum atomic E-state index is 12.7. The van der Waals surface area contributed by atoms with Crippen molar-refractivity contribution in [1.29, 1.82) is 0 Å². The summed E-state index contributed by atoms with van der Waals surface area (Å²) in [5, 5.41) is 0. The summed E-state index contributed by atoms with van der Waals surface area (Å²) >= 11 is 0. The van der Waals surface area contributed by atoms with E-state index in [1.165, 1.54) is 0 Å². The molecule has 0 N–H and O–H groups in total. The molecule has 2 heteroatoms. The van der Waals surface area contributed by atoms with Crippen LogP contribution in [0, 0.1) is 5.92 Å². The molecule has 1 aliphatic heterocycles. The fourth-order valence-corrected chi connectivity index (χ4v) is 2.47. The van der Waals surface area contributed by atoms with E-state index in [1.54, 1.807) is 0 Å². The molecule has 0 spiro atoms. The number of nitrogens with zero attached hydrogens (tertiary/aromatic N) is 1. The first-order valence-corrected chi connectivity index (χ1v) is 6.88. The van der Waals surface area contributed by atoms with Crippen molar-refractivity contribution in [3.05, 3.63) is 59.7 Å². The van der Waals surface area contributed by atoms with Gasteiger partial charge in [0, 0.05) is 5.92 Å². The van der Waals surface area contributed by atoms with Gasteiger partial charge in [0.1, 0.15) is 0 Å². The molecule has 0 aliphatic carbocycles. The number of amides is 1. The number of anilines is 2. The van der Waals surface area contributed by atoms with E-state index in [0.29, 0.717) is 0 Å². The molecule has 0 atom stereocenters. The lowest BCUT2D eigenvalue weighted by Crippen LogP contribution is -2.30. The highest BCUT2D eigenvalue weighted by atomic mass is 16.2. The number of carbonyl (C=O) groups excluding carboxylic acids is 1. The van der Waals surface area contributed by atoms with Crippen molar-refractivity contribution in [3.8, 4) is 0 Å². The summed E-state index contributed by atoms with van der Waals surface area (Å²) < 4.78 is 0. The number of carbonyl (C=O) groups is 1. The van der Waals surface area contributed by atoms with Crippen molar-refractivity contribution < 1.29 is 4.79 Å². The van der Waals surface area contributed by atoms with Crippen LogP contribution >= 0.6 is 0 Å². The van der Waals surface area contributed by atoms with Gasteiger partial charge in [-0.05, 0) is 23.3 Å². The van der Waals surface area contributed by atoms with Gasteiger partial charge >= 0.3 is 0 Å². The summed E-state index contributed by atoms with van der Waals surface area (Å²) in [7, 11) is 0. The minimum Gasteiger partial charge on any atom is -0.280 e. The molecule has 1 aliphatic rings. The molecule has 0 bridgehead atoms. The summed E-state index contributed by atoms with van der Waals surface area (Å²) in [5.41, 5.74) is 4.04. The van der Waals surface area contributed by atoms with Crippen LogP contribution in [0.15, 0.2) is 48.5 Å². The van der Waals surface area contributed by atoms with Gasteiger partial charge in [-0.3, -0.25) is 9.69 Å². The van der Waals surface area contributed by atoms with Crippen LogP contribution in [0.2, 0.25) is 0 Å². The predicted molar refractivity (Wildman–Crippen MR) is 83.8 cm³/mol. The van der Waals surface area contributed by atoms with Crippen LogP contribution < -0.4 is 4.90 Å². The Balaban J connectivity index is 2.26. The van der Waals surface area contributed by atoms with Gasteiger partial charge in [-0.2, -0.15) is 0 Å². The number of benzene rings is 2. The fraction of sp³-hybridized carbons (Fsp3) is 0.167. The van der Waals surface area contributed by atoms with Crippen LogP contribution in [0.3, 0.4) is 0 Å². The Morgan fingerprint density at radius 1 is 0.850 bits per heavy atom. The molecule has 20 heavy (non-hydrogen) atoms. The summed E-state index contributed by atoms with van der Waals surface area (Å²) in [4.78, 5) is 14.5. The van der Waals surface area contributed by atoms with E-state index in [-0.39, 0.29) is 11.8 Å². The minimum atomic E-state index is -0.0470. The Labute approximate surface area is 119 Å². The molecule has 3 rings (SSSR count). The molecule has 2 aromatic rings. The Kier molecular flexibility index (Phi) is 3.15. The molecule has 0 saturated heterocycles. The van der Waals surface area contributed by atoms with Crippen molar-refractivity contribution in [2.75, 3.05) is 4.90 Å². The van der Waals surface area contributed by atoms with Crippen molar-refractivity contribution in [3.63, 3.8) is 0 Å². The van der Waals surface area contributed by atoms with Crippen LogP contribution in [-0.4, -0.2) is 5.91 Å². The maximum Gasteiger partial charge on any atom is 0.234 e. The lowest BCUT2D eigenvalue weighted by Gasteiger charge is -2.26. The molecular formula is C18H17NO. The molecular weight excluding hydrogens is 246 g/mol. The van der Waals surface area contributed by atoms with Gasteiger partial charge in [-0.15, -0.1) is 0 Å². The van der Waals surface area contributed by atoms with E-state index in [2.05, 4.69) is 12.2 Å². The number of hydrogen-bond donors (Lipinski definition) is 0. The number of hydrogen-bond acceptors (Lipinski definition) is 1. The van der Waals surface area contributed by atoms with E-state index in [4.69, 9.17) is 0 Å².